The molecule has 2 nitrogen and oxygen atoms in total. The Morgan fingerprint density at radius 1 is 1.50 bits per heavy atom. The highest BCUT2D eigenvalue weighted by Gasteiger charge is 2.15. The first kappa shape index (κ1) is 11.4. The minimum absolute atomic E-state index is 0.118. The molecule has 2 atom stereocenters. The van der Waals surface area contributed by atoms with Crippen LogP contribution in [0, 0.1) is 11.7 Å². The van der Waals surface area contributed by atoms with Crippen molar-refractivity contribution in [3.8, 4) is 0 Å². The smallest absolute Gasteiger partial charge is 0.125 e. The van der Waals surface area contributed by atoms with Gasteiger partial charge in [-0.25, -0.2) is 4.39 Å². The van der Waals surface area contributed by atoms with Crippen LogP contribution in [0.2, 0.25) is 5.02 Å². The molecule has 0 aliphatic carbocycles. The van der Waals surface area contributed by atoms with Crippen molar-refractivity contribution in [3.63, 3.8) is 0 Å². The van der Waals surface area contributed by atoms with E-state index in [0.29, 0.717) is 12.1 Å². The highest BCUT2D eigenvalue weighted by Crippen LogP contribution is 2.24. The third-order valence-electron chi connectivity index (χ3n) is 2.14. The molecule has 2 unspecified atom stereocenters. The van der Waals surface area contributed by atoms with Crippen molar-refractivity contribution in [2.24, 2.45) is 11.7 Å². The van der Waals surface area contributed by atoms with Gasteiger partial charge >= 0.3 is 0 Å². The SMILES string of the molecule is CC(CN)C(O)c1cc(F)cc(Cl)c1. The molecule has 4 heteroatoms. The Morgan fingerprint density at radius 2 is 2.14 bits per heavy atom. The molecule has 0 fully saturated rings. The first-order chi connectivity index (χ1) is 6.54. The highest BCUT2D eigenvalue weighted by molar-refractivity contribution is 6.30. The lowest BCUT2D eigenvalue weighted by molar-refractivity contribution is 0.121. The zero-order valence-electron chi connectivity index (χ0n) is 7.87. The van der Waals surface area contributed by atoms with E-state index in [1.165, 1.54) is 12.1 Å². The lowest BCUT2D eigenvalue weighted by Crippen LogP contribution is -2.18. The number of halogens is 2. The van der Waals surface area contributed by atoms with Crippen LogP contribution in [-0.2, 0) is 0 Å². The summed E-state index contributed by atoms with van der Waals surface area (Å²) in [5.41, 5.74) is 5.87. The Balaban J connectivity index is 2.94. The predicted octanol–water partition coefficient (Wildman–Crippen LogP) is 2.11. The molecule has 1 aromatic rings. The summed E-state index contributed by atoms with van der Waals surface area (Å²) in [7, 11) is 0. The average Bonchev–Trinajstić information content (AvgIpc) is 2.14. The average molecular weight is 218 g/mol. The second kappa shape index (κ2) is 4.73. The third-order valence-corrected chi connectivity index (χ3v) is 2.36. The number of hydrogen-bond acceptors (Lipinski definition) is 2. The maximum absolute atomic E-state index is 12.9. The molecule has 0 spiro atoms. The number of nitrogens with two attached hydrogens (primary N) is 1. The van der Waals surface area contributed by atoms with Crippen LogP contribution in [0.4, 0.5) is 4.39 Å². The van der Waals surface area contributed by atoms with Crippen LogP contribution < -0.4 is 5.73 Å². The molecule has 0 heterocycles. The second-order valence-corrected chi connectivity index (χ2v) is 3.80. The van der Waals surface area contributed by atoms with Gasteiger partial charge in [0, 0.05) is 5.02 Å². The van der Waals surface area contributed by atoms with Gasteiger partial charge in [-0.05, 0) is 36.2 Å². The van der Waals surface area contributed by atoms with Gasteiger partial charge in [0.2, 0.25) is 0 Å². The van der Waals surface area contributed by atoms with Crippen LogP contribution in [0.25, 0.3) is 0 Å². The fraction of sp³-hybridized carbons (Fsp3) is 0.400. The second-order valence-electron chi connectivity index (χ2n) is 3.36. The zero-order valence-corrected chi connectivity index (χ0v) is 8.63. The van der Waals surface area contributed by atoms with Gasteiger partial charge in [0.15, 0.2) is 0 Å². The molecule has 0 radical (unpaired) electrons. The molecule has 78 valence electrons. The van der Waals surface area contributed by atoms with Crippen LogP contribution in [0.15, 0.2) is 18.2 Å². The van der Waals surface area contributed by atoms with Crippen molar-refractivity contribution in [1.29, 1.82) is 0 Å². The summed E-state index contributed by atoms with van der Waals surface area (Å²) in [5.74, 6) is -0.566. The Bertz CT molecular complexity index is 299. The van der Waals surface area contributed by atoms with E-state index >= 15 is 0 Å². The fourth-order valence-electron chi connectivity index (χ4n) is 1.20. The molecule has 1 rings (SSSR count). The molecular weight excluding hydrogens is 205 g/mol. The van der Waals surface area contributed by atoms with Crippen LogP contribution in [0.1, 0.15) is 18.6 Å². The van der Waals surface area contributed by atoms with Gasteiger partial charge in [-0.15, -0.1) is 0 Å². The van der Waals surface area contributed by atoms with Crippen LogP contribution >= 0.6 is 11.6 Å². The Labute approximate surface area is 87.5 Å². The first-order valence-electron chi connectivity index (χ1n) is 4.38. The highest BCUT2D eigenvalue weighted by atomic mass is 35.5. The molecule has 0 amide bonds. The van der Waals surface area contributed by atoms with E-state index in [2.05, 4.69) is 0 Å². The number of aliphatic hydroxyl groups is 1. The van der Waals surface area contributed by atoms with Gasteiger partial charge < -0.3 is 10.8 Å². The first-order valence-corrected chi connectivity index (χ1v) is 4.76. The van der Waals surface area contributed by atoms with Crippen molar-refractivity contribution in [2.75, 3.05) is 6.54 Å². The molecule has 0 aromatic heterocycles. The largest absolute Gasteiger partial charge is 0.388 e. The van der Waals surface area contributed by atoms with Crippen molar-refractivity contribution in [1.82, 2.24) is 0 Å². The van der Waals surface area contributed by atoms with Gasteiger partial charge in [0.05, 0.1) is 6.10 Å². The van der Waals surface area contributed by atoms with E-state index in [4.69, 9.17) is 17.3 Å². The summed E-state index contributed by atoms with van der Waals surface area (Å²) in [6.07, 6.45) is -0.770. The van der Waals surface area contributed by atoms with Crippen molar-refractivity contribution < 1.29 is 9.50 Å². The van der Waals surface area contributed by atoms with Gasteiger partial charge in [0.25, 0.3) is 0 Å². The van der Waals surface area contributed by atoms with Crippen molar-refractivity contribution >= 4 is 11.6 Å². The fourth-order valence-corrected chi connectivity index (χ4v) is 1.43. The van der Waals surface area contributed by atoms with Gasteiger partial charge in [-0.1, -0.05) is 18.5 Å². The zero-order chi connectivity index (χ0) is 10.7. The summed E-state index contributed by atoms with van der Waals surface area (Å²) >= 11 is 5.66. The summed E-state index contributed by atoms with van der Waals surface area (Å²) in [6.45, 7) is 2.14. The number of benzene rings is 1. The quantitative estimate of drug-likeness (QED) is 0.815. The monoisotopic (exact) mass is 217 g/mol. The summed E-state index contributed by atoms with van der Waals surface area (Å²) in [4.78, 5) is 0. The normalized spacial score (nSPS) is 15.2. The van der Waals surface area contributed by atoms with Crippen LogP contribution in [-0.4, -0.2) is 11.7 Å². The Hall–Kier alpha value is -0.640. The van der Waals surface area contributed by atoms with Crippen molar-refractivity contribution in [3.05, 3.63) is 34.6 Å². The number of rotatable bonds is 3. The standard InChI is InChI=1S/C10H13ClFNO/c1-6(5-13)10(14)7-2-8(11)4-9(12)3-7/h2-4,6,10,14H,5,13H2,1H3. The maximum atomic E-state index is 12.9. The van der Waals surface area contributed by atoms with E-state index in [1.54, 1.807) is 13.0 Å². The van der Waals surface area contributed by atoms with E-state index in [0.717, 1.165) is 0 Å². The molecular formula is C10H13ClFNO. The summed E-state index contributed by atoms with van der Waals surface area (Å²) < 4.78 is 12.9. The molecule has 1 aromatic carbocycles. The van der Waals surface area contributed by atoms with Crippen LogP contribution in [0.3, 0.4) is 0 Å². The molecule has 0 saturated heterocycles. The molecule has 0 saturated carbocycles. The van der Waals surface area contributed by atoms with E-state index in [1.807, 2.05) is 0 Å². The molecule has 0 aliphatic rings. The number of hydrogen-bond donors (Lipinski definition) is 2. The topological polar surface area (TPSA) is 46.2 Å². The minimum atomic E-state index is -0.770. The minimum Gasteiger partial charge on any atom is -0.388 e. The third kappa shape index (κ3) is 2.67. The summed E-state index contributed by atoms with van der Waals surface area (Å²) in [5, 5.41) is 10.0. The molecule has 0 bridgehead atoms. The molecule has 0 aliphatic heterocycles. The Morgan fingerprint density at radius 3 is 2.64 bits per heavy atom. The summed E-state index contributed by atoms with van der Waals surface area (Å²) in [6, 6.07) is 4.01. The van der Waals surface area contributed by atoms with E-state index in [-0.39, 0.29) is 10.9 Å². The molecule has 14 heavy (non-hydrogen) atoms. The van der Waals surface area contributed by atoms with Gasteiger partial charge in [-0.2, -0.15) is 0 Å². The van der Waals surface area contributed by atoms with E-state index < -0.39 is 11.9 Å². The Kier molecular flexibility index (Phi) is 3.86. The molecule has 3 N–H and O–H groups in total. The lowest BCUT2D eigenvalue weighted by Gasteiger charge is -2.17. The van der Waals surface area contributed by atoms with Crippen LogP contribution in [0.5, 0.6) is 0 Å². The number of aliphatic hydroxyl groups excluding tert-OH is 1. The van der Waals surface area contributed by atoms with E-state index in [9.17, 15) is 9.50 Å². The lowest BCUT2D eigenvalue weighted by atomic mass is 9.97. The predicted molar refractivity (Wildman–Crippen MR) is 54.6 cm³/mol. The maximum Gasteiger partial charge on any atom is 0.125 e. The van der Waals surface area contributed by atoms with Crippen molar-refractivity contribution in [2.45, 2.75) is 13.0 Å². The van der Waals surface area contributed by atoms with Gasteiger partial charge in [-0.3, -0.25) is 0 Å². The van der Waals surface area contributed by atoms with Gasteiger partial charge in [0.1, 0.15) is 5.82 Å².